The third-order valence-corrected chi connectivity index (χ3v) is 5.19. The average molecular weight is 402 g/mol. The fraction of sp³-hybridized carbons (Fsp3) is 0.286. The maximum Gasteiger partial charge on any atom is 0.166 e. The molecule has 0 aliphatic rings. The van der Waals surface area contributed by atoms with E-state index in [1.165, 1.54) is 10.9 Å². The molecule has 0 radical (unpaired) electrons. The molecule has 0 spiro atoms. The quantitative estimate of drug-likeness (QED) is 0.385. The Bertz CT molecular complexity index is 896. The highest BCUT2D eigenvalue weighted by molar-refractivity contribution is 7.80. The zero-order valence-electron chi connectivity index (χ0n) is 15.3. The summed E-state index contributed by atoms with van der Waals surface area (Å²) in [5.41, 5.74) is 3.40. The fourth-order valence-corrected chi connectivity index (χ4v) is 3.66. The minimum absolute atomic E-state index is 0.0774. The second kappa shape index (κ2) is 9.74. The van der Waals surface area contributed by atoms with E-state index in [9.17, 15) is 0 Å². The van der Waals surface area contributed by atoms with Gasteiger partial charge < -0.3 is 20.4 Å². The van der Waals surface area contributed by atoms with E-state index in [2.05, 4.69) is 46.1 Å². The van der Waals surface area contributed by atoms with E-state index in [0.717, 1.165) is 29.1 Å². The van der Waals surface area contributed by atoms with E-state index in [0.29, 0.717) is 18.3 Å². The first kappa shape index (κ1) is 19.7. The Balaban J connectivity index is 1.79. The lowest BCUT2D eigenvalue weighted by Crippen LogP contribution is -2.38. The van der Waals surface area contributed by atoms with E-state index in [1.54, 1.807) is 7.11 Å². The van der Waals surface area contributed by atoms with Crippen LogP contribution in [0.1, 0.15) is 23.5 Å². The summed E-state index contributed by atoms with van der Waals surface area (Å²) in [7, 11) is 1.70. The molecule has 0 fully saturated rings. The number of ether oxygens (including phenoxy) is 1. The van der Waals surface area contributed by atoms with Gasteiger partial charge in [0.15, 0.2) is 5.11 Å². The maximum absolute atomic E-state index is 6.52. The largest absolute Gasteiger partial charge is 0.385 e. The van der Waals surface area contributed by atoms with Crippen molar-refractivity contribution in [2.45, 2.75) is 12.3 Å². The van der Waals surface area contributed by atoms with Crippen LogP contribution in [0.25, 0.3) is 10.9 Å². The van der Waals surface area contributed by atoms with Crippen LogP contribution in [-0.2, 0) is 4.74 Å². The molecule has 0 amide bonds. The van der Waals surface area contributed by atoms with Crippen LogP contribution in [0, 0.1) is 0 Å². The Morgan fingerprint density at radius 1 is 1.11 bits per heavy atom. The Hall–Kier alpha value is -2.08. The normalized spacial score (nSPS) is 12.1. The predicted molar refractivity (Wildman–Crippen MR) is 117 cm³/mol. The van der Waals surface area contributed by atoms with Gasteiger partial charge in [0.25, 0.3) is 0 Å². The van der Waals surface area contributed by atoms with Crippen molar-refractivity contribution in [3.8, 4) is 0 Å². The number of methoxy groups -OCH3 is 1. The molecule has 0 aliphatic carbocycles. The molecule has 0 saturated carbocycles. The van der Waals surface area contributed by atoms with E-state index in [4.69, 9.17) is 28.6 Å². The standard InChI is InChI=1S/C21H24ClN3OS/c1-26-12-6-11-23-21(27)25-14-17(15-7-2-4-9-19(15)22)18-13-24-20-10-5-3-8-16(18)20/h2-5,7-10,13,17,24H,6,11-12,14H2,1H3,(H2,23,25,27)/t17-/m1/s1. The minimum atomic E-state index is 0.0774. The smallest absolute Gasteiger partial charge is 0.166 e. The minimum Gasteiger partial charge on any atom is -0.385 e. The second-order valence-corrected chi connectivity index (χ2v) is 7.16. The van der Waals surface area contributed by atoms with Crippen molar-refractivity contribution in [3.05, 3.63) is 70.9 Å². The van der Waals surface area contributed by atoms with E-state index < -0.39 is 0 Å². The number of rotatable bonds is 8. The van der Waals surface area contributed by atoms with Crippen LogP contribution in [0.15, 0.2) is 54.7 Å². The number of benzene rings is 2. The molecule has 2 aromatic carbocycles. The van der Waals surface area contributed by atoms with Gasteiger partial charge in [0.2, 0.25) is 0 Å². The van der Waals surface area contributed by atoms with Gasteiger partial charge in [0.05, 0.1) is 0 Å². The van der Waals surface area contributed by atoms with Crippen molar-refractivity contribution in [2.24, 2.45) is 0 Å². The van der Waals surface area contributed by atoms with Crippen LogP contribution in [0.5, 0.6) is 0 Å². The molecule has 27 heavy (non-hydrogen) atoms. The van der Waals surface area contributed by atoms with Crippen LogP contribution in [0.2, 0.25) is 5.02 Å². The molecule has 6 heteroatoms. The van der Waals surface area contributed by atoms with Crippen molar-refractivity contribution in [1.82, 2.24) is 15.6 Å². The molecule has 4 nitrogen and oxygen atoms in total. The lowest BCUT2D eigenvalue weighted by atomic mass is 9.91. The third-order valence-electron chi connectivity index (χ3n) is 4.55. The van der Waals surface area contributed by atoms with Crippen LogP contribution in [0.4, 0.5) is 0 Å². The van der Waals surface area contributed by atoms with Gasteiger partial charge in [-0.25, -0.2) is 0 Å². The van der Waals surface area contributed by atoms with Crippen molar-refractivity contribution in [1.29, 1.82) is 0 Å². The number of para-hydroxylation sites is 1. The highest BCUT2D eigenvalue weighted by Crippen LogP contribution is 2.33. The first-order chi connectivity index (χ1) is 13.2. The molecular weight excluding hydrogens is 378 g/mol. The van der Waals surface area contributed by atoms with Gasteiger partial charge in [-0.3, -0.25) is 0 Å². The number of hydrogen-bond donors (Lipinski definition) is 3. The molecule has 0 bridgehead atoms. The molecule has 1 heterocycles. The van der Waals surface area contributed by atoms with Gasteiger partial charge in [0.1, 0.15) is 0 Å². The summed E-state index contributed by atoms with van der Waals surface area (Å²) in [5, 5.41) is 9.16. The summed E-state index contributed by atoms with van der Waals surface area (Å²) >= 11 is 11.9. The average Bonchev–Trinajstić information content (AvgIpc) is 3.11. The van der Waals surface area contributed by atoms with E-state index in [-0.39, 0.29) is 5.92 Å². The molecule has 3 N–H and O–H groups in total. The molecule has 1 atom stereocenters. The Kier molecular flexibility index (Phi) is 7.10. The van der Waals surface area contributed by atoms with Crippen molar-refractivity contribution >= 4 is 39.8 Å². The zero-order chi connectivity index (χ0) is 19.1. The first-order valence-electron chi connectivity index (χ1n) is 9.01. The van der Waals surface area contributed by atoms with E-state index in [1.807, 2.05) is 24.3 Å². The van der Waals surface area contributed by atoms with Gasteiger partial charge in [0, 0.05) is 54.8 Å². The van der Waals surface area contributed by atoms with Crippen LogP contribution in [-0.4, -0.2) is 36.9 Å². The highest BCUT2D eigenvalue weighted by Gasteiger charge is 2.20. The Morgan fingerprint density at radius 3 is 2.70 bits per heavy atom. The van der Waals surface area contributed by atoms with Crippen LogP contribution < -0.4 is 10.6 Å². The number of aromatic amines is 1. The van der Waals surface area contributed by atoms with Crippen molar-refractivity contribution < 1.29 is 4.74 Å². The van der Waals surface area contributed by atoms with Gasteiger partial charge in [-0.2, -0.15) is 0 Å². The monoisotopic (exact) mass is 401 g/mol. The summed E-state index contributed by atoms with van der Waals surface area (Å²) in [6.07, 6.45) is 2.98. The summed E-state index contributed by atoms with van der Waals surface area (Å²) < 4.78 is 5.06. The lowest BCUT2D eigenvalue weighted by Gasteiger charge is -2.20. The van der Waals surface area contributed by atoms with Crippen LogP contribution in [0.3, 0.4) is 0 Å². The molecule has 3 aromatic rings. The van der Waals surface area contributed by atoms with Crippen molar-refractivity contribution in [3.63, 3.8) is 0 Å². The second-order valence-electron chi connectivity index (χ2n) is 6.35. The number of H-pyrrole nitrogens is 1. The molecular formula is C21H24ClN3OS. The van der Waals surface area contributed by atoms with Gasteiger partial charge >= 0.3 is 0 Å². The number of fused-ring (bicyclic) bond motifs is 1. The number of hydrogen-bond acceptors (Lipinski definition) is 2. The molecule has 142 valence electrons. The topological polar surface area (TPSA) is 49.1 Å². The lowest BCUT2D eigenvalue weighted by molar-refractivity contribution is 0.195. The summed E-state index contributed by atoms with van der Waals surface area (Å²) in [4.78, 5) is 3.36. The number of thiocarbonyl (C=S) groups is 1. The molecule has 0 unspecified atom stereocenters. The predicted octanol–water partition coefficient (Wildman–Crippen LogP) is 4.45. The zero-order valence-corrected chi connectivity index (χ0v) is 16.9. The third kappa shape index (κ3) is 5.01. The van der Waals surface area contributed by atoms with Gasteiger partial charge in [-0.1, -0.05) is 48.0 Å². The highest BCUT2D eigenvalue weighted by atomic mass is 35.5. The SMILES string of the molecule is COCCCNC(=S)NC[C@H](c1ccccc1Cl)c1c[nH]c2ccccc12. The summed E-state index contributed by atoms with van der Waals surface area (Å²) in [6.45, 7) is 2.15. The summed E-state index contributed by atoms with van der Waals surface area (Å²) in [5.74, 6) is 0.0774. The maximum atomic E-state index is 6.52. The first-order valence-corrected chi connectivity index (χ1v) is 9.80. The molecule has 3 rings (SSSR count). The summed E-state index contributed by atoms with van der Waals surface area (Å²) in [6, 6.07) is 16.3. The van der Waals surface area contributed by atoms with E-state index >= 15 is 0 Å². The van der Waals surface area contributed by atoms with Gasteiger partial charge in [-0.15, -0.1) is 0 Å². The number of halogens is 1. The number of aromatic nitrogens is 1. The number of nitrogens with one attached hydrogen (secondary N) is 3. The van der Waals surface area contributed by atoms with Crippen LogP contribution >= 0.6 is 23.8 Å². The molecule has 1 aromatic heterocycles. The molecule has 0 saturated heterocycles. The Morgan fingerprint density at radius 2 is 1.89 bits per heavy atom. The van der Waals surface area contributed by atoms with Gasteiger partial charge in [-0.05, 0) is 41.9 Å². The molecule has 0 aliphatic heterocycles. The fourth-order valence-electron chi connectivity index (χ4n) is 3.20. The Labute approximate surface area is 170 Å². The van der Waals surface area contributed by atoms with Crippen molar-refractivity contribution in [2.75, 3.05) is 26.8 Å².